The maximum Gasteiger partial charge on any atom is 0.135 e. The Bertz CT molecular complexity index is 564. The molecule has 5 nitrogen and oxygen atoms in total. The summed E-state index contributed by atoms with van der Waals surface area (Å²) in [5.74, 6) is 2.41. The van der Waals surface area contributed by atoms with Gasteiger partial charge in [0.2, 0.25) is 0 Å². The van der Waals surface area contributed by atoms with Gasteiger partial charge < -0.3 is 10.6 Å². The number of aryl methyl sites for hydroxylation is 1. The monoisotopic (exact) mass is 277 g/mol. The number of nitrogens with zero attached hydrogens (tertiary/aromatic N) is 4. The summed E-state index contributed by atoms with van der Waals surface area (Å²) in [5.41, 5.74) is 8.79. The Labute approximate surface area is 117 Å². The van der Waals surface area contributed by atoms with E-state index in [-0.39, 0.29) is 5.92 Å². The molecule has 0 amide bonds. The Morgan fingerprint density at radius 3 is 2.68 bits per heavy atom. The maximum atomic E-state index is 5.85. The van der Waals surface area contributed by atoms with E-state index in [1.807, 2.05) is 25.5 Å². The molecular formula is C13H19N5S. The SMILES string of the molecule is Cc1ncsc1CN(C)c1cc(N)nc(C(C)C)n1. The van der Waals surface area contributed by atoms with Crippen molar-refractivity contribution >= 4 is 23.0 Å². The number of nitrogen functional groups attached to an aromatic ring is 1. The van der Waals surface area contributed by atoms with Crippen molar-refractivity contribution < 1.29 is 0 Å². The Morgan fingerprint density at radius 1 is 1.37 bits per heavy atom. The van der Waals surface area contributed by atoms with Crippen molar-refractivity contribution in [2.24, 2.45) is 0 Å². The van der Waals surface area contributed by atoms with E-state index in [4.69, 9.17) is 5.73 Å². The van der Waals surface area contributed by atoms with Crippen LogP contribution >= 0.6 is 11.3 Å². The average molecular weight is 277 g/mol. The lowest BCUT2D eigenvalue weighted by Gasteiger charge is -2.19. The molecule has 0 atom stereocenters. The summed E-state index contributed by atoms with van der Waals surface area (Å²) < 4.78 is 0. The minimum atomic E-state index is 0.265. The first-order valence-electron chi connectivity index (χ1n) is 6.22. The molecule has 0 aliphatic carbocycles. The molecule has 0 saturated heterocycles. The van der Waals surface area contributed by atoms with Crippen molar-refractivity contribution in [1.82, 2.24) is 15.0 Å². The number of hydrogen-bond donors (Lipinski definition) is 1. The molecule has 6 heteroatoms. The minimum absolute atomic E-state index is 0.265. The van der Waals surface area contributed by atoms with Crippen LogP contribution in [0, 0.1) is 6.92 Å². The first kappa shape index (κ1) is 13.7. The van der Waals surface area contributed by atoms with Gasteiger partial charge in [0.15, 0.2) is 0 Å². The van der Waals surface area contributed by atoms with Crippen LogP contribution < -0.4 is 10.6 Å². The van der Waals surface area contributed by atoms with Crippen LogP contribution in [0.1, 0.15) is 36.2 Å². The molecule has 0 aromatic carbocycles. The van der Waals surface area contributed by atoms with Crippen molar-refractivity contribution in [2.75, 3.05) is 17.7 Å². The predicted octanol–water partition coefficient (Wildman–Crippen LogP) is 2.58. The maximum absolute atomic E-state index is 5.85. The molecule has 0 bridgehead atoms. The lowest BCUT2D eigenvalue weighted by molar-refractivity contribution is 0.765. The quantitative estimate of drug-likeness (QED) is 0.930. The molecule has 0 aliphatic rings. The van der Waals surface area contributed by atoms with E-state index >= 15 is 0 Å². The van der Waals surface area contributed by atoms with Gasteiger partial charge in [-0.25, -0.2) is 15.0 Å². The van der Waals surface area contributed by atoms with Crippen LogP contribution in [0.2, 0.25) is 0 Å². The second kappa shape index (κ2) is 5.52. The summed E-state index contributed by atoms with van der Waals surface area (Å²) in [6.07, 6.45) is 0. The molecule has 2 aromatic rings. The zero-order chi connectivity index (χ0) is 14.0. The summed E-state index contributed by atoms with van der Waals surface area (Å²) in [7, 11) is 2.00. The van der Waals surface area contributed by atoms with Gasteiger partial charge in [0.05, 0.1) is 17.7 Å². The third-order valence-corrected chi connectivity index (χ3v) is 3.80. The Morgan fingerprint density at radius 2 is 2.11 bits per heavy atom. The summed E-state index contributed by atoms with van der Waals surface area (Å²) in [4.78, 5) is 16.4. The van der Waals surface area contributed by atoms with Gasteiger partial charge in [0, 0.05) is 23.9 Å². The van der Waals surface area contributed by atoms with Crippen LogP contribution in [0.4, 0.5) is 11.6 Å². The van der Waals surface area contributed by atoms with Crippen LogP contribution in [0.3, 0.4) is 0 Å². The van der Waals surface area contributed by atoms with Crippen molar-refractivity contribution in [1.29, 1.82) is 0 Å². The van der Waals surface area contributed by atoms with E-state index in [1.54, 1.807) is 11.3 Å². The van der Waals surface area contributed by atoms with Crippen LogP contribution in [-0.4, -0.2) is 22.0 Å². The molecule has 19 heavy (non-hydrogen) atoms. The Kier molecular flexibility index (Phi) is 3.99. The highest BCUT2D eigenvalue weighted by atomic mass is 32.1. The largest absolute Gasteiger partial charge is 0.384 e. The number of thiazole rings is 1. The molecule has 2 aromatic heterocycles. The molecule has 102 valence electrons. The summed E-state index contributed by atoms with van der Waals surface area (Å²) >= 11 is 1.66. The molecule has 0 saturated carbocycles. The second-order valence-electron chi connectivity index (χ2n) is 4.88. The van der Waals surface area contributed by atoms with Crippen LogP contribution in [0.25, 0.3) is 0 Å². The topological polar surface area (TPSA) is 67.9 Å². The molecule has 0 aliphatic heterocycles. The highest BCUT2D eigenvalue weighted by molar-refractivity contribution is 7.09. The Balaban J connectivity index is 2.23. The van der Waals surface area contributed by atoms with Gasteiger partial charge >= 0.3 is 0 Å². The molecule has 2 N–H and O–H groups in total. The standard InChI is InChI=1S/C13H19N5S/c1-8(2)13-16-11(14)5-12(17-13)18(4)6-10-9(3)15-7-19-10/h5,7-8H,6H2,1-4H3,(H2,14,16,17). The van der Waals surface area contributed by atoms with E-state index in [1.165, 1.54) is 4.88 Å². The van der Waals surface area contributed by atoms with E-state index < -0.39 is 0 Å². The van der Waals surface area contributed by atoms with Crippen molar-refractivity contribution in [2.45, 2.75) is 33.2 Å². The van der Waals surface area contributed by atoms with Gasteiger partial charge in [-0.05, 0) is 6.92 Å². The van der Waals surface area contributed by atoms with Gasteiger partial charge in [-0.3, -0.25) is 0 Å². The predicted molar refractivity (Wildman–Crippen MR) is 79.5 cm³/mol. The zero-order valence-electron chi connectivity index (χ0n) is 11.7. The van der Waals surface area contributed by atoms with E-state index in [0.29, 0.717) is 5.82 Å². The number of anilines is 2. The third kappa shape index (κ3) is 3.20. The lowest BCUT2D eigenvalue weighted by Crippen LogP contribution is -2.19. The summed E-state index contributed by atoms with van der Waals surface area (Å²) in [5, 5.41) is 0. The van der Waals surface area contributed by atoms with E-state index in [9.17, 15) is 0 Å². The average Bonchev–Trinajstić information content (AvgIpc) is 2.74. The minimum Gasteiger partial charge on any atom is -0.384 e. The van der Waals surface area contributed by atoms with E-state index in [2.05, 4.69) is 33.7 Å². The lowest BCUT2D eigenvalue weighted by atomic mass is 10.2. The molecule has 2 heterocycles. The number of aromatic nitrogens is 3. The van der Waals surface area contributed by atoms with Crippen molar-refractivity contribution in [3.8, 4) is 0 Å². The Hall–Kier alpha value is -1.69. The smallest absolute Gasteiger partial charge is 0.135 e. The molecule has 0 spiro atoms. The van der Waals surface area contributed by atoms with E-state index in [0.717, 1.165) is 23.9 Å². The molecule has 2 rings (SSSR count). The fraction of sp³-hybridized carbons (Fsp3) is 0.462. The normalized spacial score (nSPS) is 11.0. The van der Waals surface area contributed by atoms with Gasteiger partial charge in [0.25, 0.3) is 0 Å². The first-order chi connectivity index (χ1) is 8.97. The highest BCUT2D eigenvalue weighted by Gasteiger charge is 2.11. The fourth-order valence-corrected chi connectivity index (χ4v) is 2.53. The number of hydrogen-bond acceptors (Lipinski definition) is 6. The molecule has 0 unspecified atom stereocenters. The van der Waals surface area contributed by atoms with Gasteiger partial charge in [-0.1, -0.05) is 13.8 Å². The second-order valence-corrected chi connectivity index (χ2v) is 5.82. The van der Waals surface area contributed by atoms with Crippen LogP contribution in [0.15, 0.2) is 11.6 Å². The number of rotatable bonds is 4. The highest BCUT2D eigenvalue weighted by Crippen LogP contribution is 2.21. The van der Waals surface area contributed by atoms with Crippen LogP contribution in [0.5, 0.6) is 0 Å². The molecule has 0 radical (unpaired) electrons. The van der Waals surface area contributed by atoms with Gasteiger partial charge in [-0.15, -0.1) is 11.3 Å². The summed E-state index contributed by atoms with van der Waals surface area (Å²) in [6, 6.07) is 1.81. The number of nitrogens with two attached hydrogens (primary N) is 1. The first-order valence-corrected chi connectivity index (χ1v) is 7.10. The van der Waals surface area contributed by atoms with Crippen LogP contribution in [-0.2, 0) is 6.54 Å². The van der Waals surface area contributed by atoms with Crippen molar-refractivity contribution in [3.05, 3.63) is 28.0 Å². The van der Waals surface area contributed by atoms with Gasteiger partial charge in [0.1, 0.15) is 17.5 Å². The molecular weight excluding hydrogens is 258 g/mol. The third-order valence-electron chi connectivity index (χ3n) is 2.88. The molecule has 0 fully saturated rings. The fourth-order valence-electron chi connectivity index (χ4n) is 1.70. The summed E-state index contributed by atoms with van der Waals surface area (Å²) in [6.45, 7) is 6.93. The zero-order valence-corrected chi connectivity index (χ0v) is 12.5. The van der Waals surface area contributed by atoms with Crippen molar-refractivity contribution in [3.63, 3.8) is 0 Å². The van der Waals surface area contributed by atoms with Gasteiger partial charge in [-0.2, -0.15) is 0 Å².